The van der Waals surface area contributed by atoms with Crippen LogP contribution in [0.3, 0.4) is 0 Å². The van der Waals surface area contributed by atoms with Gasteiger partial charge in [0.2, 0.25) is 23.6 Å². The van der Waals surface area contributed by atoms with Crippen LogP contribution < -0.4 is 16.0 Å². The molecule has 4 amide bonds. The molecule has 0 radical (unpaired) electrons. The monoisotopic (exact) mass is 733 g/mol. The van der Waals surface area contributed by atoms with Gasteiger partial charge >= 0.3 is 0 Å². The van der Waals surface area contributed by atoms with Gasteiger partial charge < -0.3 is 45.4 Å². The highest BCUT2D eigenvalue weighted by Gasteiger charge is 2.43. The second kappa shape index (κ2) is 21.6. The molecule has 1 fully saturated rings. The Hall–Kier alpha value is -3.10. The van der Waals surface area contributed by atoms with E-state index in [2.05, 4.69) is 16.0 Å². The average Bonchev–Trinajstić information content (AvgIpc) is 3.62. The van der Waals surface area contributed by atoms with Crippen molar-refractivity contribution in [3.05, 3.63) is 35.9 Å². The summed E-state index contributed by atoms with van der Waals surface area (Å²) in [7, 11) is 6.42. The van der Waals surface area contributed by atoms with Gasteiger partial charge in [-0.25, -0.2) is 0 Å². The summed E-state index contributed by atoms with van der Waals surface area (Å²) >= 11 is 0. The molecule has 1 heterocycles. The van der Waals surface area contributed by atoms with Crippen molar-refractivity contribution >= 4 is 23.6 Å². The molecule has 0 aliphatic carbocycles. The van der Waals surface area contributed by atoms with E-state index in [1.807, 2.05) is 58.0 Å². The summed E-state index contributed by atoms with van der Waals surface area (Å²) in [4.78, 5) is 58.3. The number of nitrogens with zero attached hydrogens (tertiary/aromatic N) is 2. The topological polar surface area (TPSA) is 170 Å². The molecule has 1 aromatic carbocycles. The maximum Gasteiger partial charge on any atom is 0.245 e. The van der Waals surface area contributed by atoms with Crippen molar-refractivity contribution in [1.82, 2.24) is 25.8 Å². The van der Waals surface area contributed by atoms with Crippen molar-refractivity contribution in [3.8, 4) is 0 Å². The lowest BCUT2D eigenvalue weighted by atomic mass is 9.89. The minimum atomic E-state index is -0.994. The Bertz CT molecular complexity index is 1270. The van der Waals surface area contributed by atoms with E-state index in [0.29, 0.717) is 24.9 Å². The van der Waals surface area contributed by atoms with Crippen molar-refractivity contribution in [2.45, 2.75) is 123 Å². The first kappa shape index (κ1) is 45.1. The molecule has 1 unspecified atom stereocenters. The molecular formula is C39H67N5O8. The summed E-state index contributed by atoms with van der Waals surface area (Å²) in [5.41, 5.74) is 0.700. The molecule has 1 aliphatic rings. The van der Waals surface area contributed by atoms with E-state index in [-0.39, 0.29) is 54.5 Å². The van der Waals surface area contributed by atoms with E-state index < -0.39 is 54.3 Å². The maximum absolute atomic E-state index is 14.2. The van der Waals surface area contributed by atoms with Gasteiger partial charge in [0.05, 0.1) is 54.8 Å². The van der Waals surface area contributed by atoms with E-state index in [1.54, 1.807) is 44.7 Å². The molecule has 0 aromatic heterocycles. The highest BCUT2D eigenvalue weighted by molar-refractivity contribution is 5.90. The molecule has 52 heavy (non-hydrogen) atoms. The van der Waals surface area contributed by atoms with Crippen LogP contribution in [0.1, 0.15) is 85.8 Å². The van der Waals surface area contributed by atoms with Crippen molar-refractivity contribution in [1.29, 1.82) is 0 Å². The zero-order valence-corrected chi connectivity index (χ0v) is 33.3. The smallest absolute Gasteiger partial charge is 0.245 e. The molecule has 0 saturated carbocycles. The Morgan fingerprint density at radius 1 is 0.942 bits per heavy atom. The highest BCUT2D eigenvalue weighted by atomic mass is 16.5. The van der Waals surface area contributed by atoms with Gasteiger partial charge in [-0.05, 0) is 44.2 Å². The number of ether oxygens (including phenoxy) is 2. The number of hydrogen-bond acceptors (Lipinski definition) is 9. The highest BCUT2D eigenvalue weighted by Crippen LogP contribution is 2.30. The molecule has 0 spiro atoms. The van der Waals surface area contributed by atoms with Crippen molar-refractivity contribution in [3.63, 3.8) is 0 Å². The number of likely N-dealkylation sites (tertiary alicyclic amines) is 1. The Morgan fingerprint density at radius 3 is 2.10 bits per heavy atom. The second-order valence-electron chi connectivity index (χ2n) is 14.9. The minimum absolute atomic E-state index is 0.0152. The molecule has 1 aromatic rings. The molecule has 0 bridgehead atoms. The van der Waals surface area contributed by atoms with E-state index in [4.69, 9.17) is 9.47 Å². The summed E-state index contributed by atoms with van der Waals surface area (Å²) in [6.45, 7) is 13.2. The van der Waals surface area contributed by atoms with Gasteiger partial charge in [0, 0.05) is 40.3 Å². The van der Waals surface area contributed by atoms with Gasteiger partial charge in [-0.1, -0.05) is 78.3 Å². The first-order valence-electron chi connectivity index (χ1n) is 18.8. The quantitative estimate of drug-likeness (QED) is 0.128. The standard InChI is InChI=1S/C39H67N5O8/c1-12-24(4)34(43(9)39(50)33(25(5)22-45)42-38(49)32(40-8)23(2)3)30(51-10)21-31(46)44-20-16-19-29(44)36(52-11)26(6)37(48)41-27(7)35(47)28-17-14-13-15-18-28/h13-15,17-18,23-27,29-30,32-36,40,45,47H,12,16,19-22H2,1-11H3,(H,41,48)(H,42,49)/t24-,25?,26+,27+,29-,30+,32-,33-,34-,35+,36+/m0/s1. The molecule has 296 valence electrons. The van der Waals surface area contributed by atoms with Crippen LogP contribution in [-0.2, 0) is 28.7 Å². The number of likely N-dealkylation sites (N-methyl/N-ethyl adjacent to an activating group) is 2. The summed E-state index contributed by atoms with van der Waals surface area (Å²) < 4.78 is 11.9. The number of benzene rings is 1. The number of aliphatic hydroxyl groups is 2. The second-order valence-corrected chi connectivity index (χ2v) is 14.9. The van der Waals surface area contributed by atoms with Gasteiger partial charge in [0.15, 0.2) is 0 Å². The van der Waals surface area contributed by atoms with Crippen LogP contribution in [-0.4, -0.2) is 128 Å². The number of hydrogen-bond donors (Lipinski definition) is 5. The Morgan fingerprint density at radius 2 is 1.58 bits per heavy atom. The van der Waals surface area contributed by atoms with Crippen LogP contribution in [0.4, 0.5) is 0 Å². The first-order chi connectivity index (χ1) is 24.6. The number of amides is 4. The molecule has 13 heteroatoms. The van der Waals surface area contributed by atoms with Crippen LogP contribution in [0.15, 0.2) is 30.3 Å². The number of aliphatic hydroxyl groups excluding tert-OH is 2. The Balaban J connectivity index is 2.26. The zero-order valence-electron chi connectivity index (χ0n) is 33.3. The normalized spacial score (nSPS) is 20.5. The van der Waals surface area contributed by atoms with E-state index in [0.717, 1.165) is 6.42 Å². The summed E-state index contributed by atoms with van der Waals surface area (Å²) in [5.74, 6) is -2.46. The third-order valence-corrected chi connectivity index (χ3v) is 10.9. The molecule has 2 rings (SSSR count). The predicted molar refractivity (Wildman–Crippen MR) is 201 cm³/mol. The van der Waals surface area contributed by atoms with E-state index in [9.17, 15) is 29.4 Å². The van der Waals surface area contributed by atoms with Crippen LogP contribution >= 0.6 is 0 Å². The number of carbonyl (C=O) groups excluding carboxylic acids is 4. The largest absolute Gasteiger partial charge is 0.396 e. The van der Waals surface area contributed by atoms with Gasteiger partial charge in [-0.3, -0.25) is 19.2 Å². The molecule has 5 N–H and O–H groups in total. The number of rotatable bonds is 21. The predicted octanol–water partition coefficient (Wildman–Crippen LogP) is 2.50. The fourth-order valence-corrected chi connectivity index (χ4v) is 7.46. The van der Waals surface area contributed by atoms with Gasteiger partial charge in [0.1, 0.15) is 6.04 Å². The minimum Gasteiger partial charge on any atom is -0.396 e. The maximum atomic E-state index is 14.2. The number of carbonyl (C=O) groups is 4. The van der Waals surface area contributed by atoms with Crippen molar-refractivity contribution in [2.24, 2.45) is 23.7 Å². The van der Waals surface area contributed by atoms with E-state index >= 15 is 0 Å². The fraction of sp³-hybridized carbons (Fsp3) is 0.744. The van der Waals surface area contributed by atoms with Gasteiger partial charge in [-0.2, -0.15) is 0 Å². The first-order valence-corrected chi connectivity index (χ1v) is 18.8. The Kier molecular flexibility index (Phi) is 18.7. The van der Waals surface area contributed by atoms with E-state index in [1.165, 1.54) is 14.2 Å². The molecule has 1 saturated heterocycles. The van der Waals surface area contributed by atoms with Gasteiger partial charge in [0.25, 0.3) is 0 Å². The van der Waals surface area contributed by atoms with Crippen molar-refractivity contribution in [2.75, 3.05) is 41.5 Å². The summed E-state index contributed by atoms with van der Waals surface area (Å²) in [6, 6.07) is 6.19. The van der Waals surface area contributed by atoms with Crippen LogP contribution in [0.5, 0.6) is 0 Å². The summed E-state index contributed by atoms with van der Waals surface area (Å²) in [6.07, 6.45) is -0.0942. The third kappa shape index (κ3) is 11.4. The third-order valence-electron chi connectivity index (χ3n) is 10.9. The van der Waals surface area contributed by atoms with Crippen LogP contribution in [0, 0.1) is 23.7 Å². The molecule has 13 nitrogen and oxygen atoms in total. The number of nitrogens with one attached hydrogen (secondary N) is 3. The van der Waals surface area contributed by atoms with Crippen LogP contribution in [0.25, 0.3) is 0 Å². The lowest BCUT2D eigenvalue weighted by Gasteiger charge is -2.41. The lowest BCUT2D eigenvalue weighted by Crippen LogP contribution is -2.60. The lowest BCUT2D eigenvalue weighted by molar-refractivity contribution is -0.148. The molecule has 1 aliphatic heterocycles. The van der Waals surface area contributed by atoms with Crippen LogP contribution in [0.2, 0.25) is 0 Å². The molecular weight excluding hydrogens is 666 g/mol. The fourth-order valence-electron chi connectivity index (χ4n) is 7.46. The SMILES string of the molecule is CC[C@H](C)[C@@H]([C@@H](CC(=O)N1CCC[C@H]1[C@H](OC)[C@@H](C)C(=O)N[C@H](C)[C@@H](O)c1ccccc1)OC)N(C)C(=O)[C@@H](NC(=O)[C@@H](NC)C(C)C)C(C)CO. The van der Waals surface area contributed by atoms with Crippen molar-refractivity contribution < 1.29 is 38.9 Å². The summed E-state index contributed by atoms with van der Waals surface area (Å²) in [5, 5.41) is 29.7. The van der Waals surface area contributed by atoms with Gasteiger partial charge in [-0.15, -0.1) is 0 Å². The average molecular weight is 734 g/mol. The zero-order chi connectivity index (χ0) is 39.3. The molecule has 11 atom stereocenters. The Labute approximate surface area is 311 Å². The number of methoxy groups -OCH3 is 2.